The van der Waals surface area contributed by atoms with E-state index in [4.69, 9.17) is 26.8 Å². The normalized spacial score (nSPS) is 14.0. The summed E-state index contributed by atoms with van der Waals surface area (Å²) in [5.74, 6) is 0. The summed E-state index contributed by atoms with van der Waals surface area (Å²) in [6, 6.07) is 0. The molecule has 0 atom stereocenters. The van der Waals surface area contributed by atoms with Gasteiger partial charge in [0.15, 0.2) is 0 Å². The van der Waals surface area contributed by atoms with E-state index in [9.17, 15) is 12.3 Å². The van der Waals surface area contributed by atoms with E-state index < -0.39 is 28.1 Å². The molecule has 0 aromatic heterocycles. The van der Waals surface area contributed by atoms with Gasteiger partial charge in [0.25, 0.3) is 0 Å². The van der Waals surface area contributed by atoms with E-state index in [0.29, 0.717) is 0 Å². The van der Waals surface area contributed by atoms with Crippen molar-refractivity contribution in [3.63, 3.8) is 0 Å². The summed E-state index contributed by atoms with van der Waals surface area (Å²) in [6.45, 7) is 0. The molecule has 0 saturated heterocycles. The van der Waals surface area contributed by atoms with Crippen molar-refractivity contribution in [1.82, 2.24) is 0 Å². The Morgan fingerprint density at radius 3 is 1.44 bits per heavy atom. The van der Waals surface area contributed by atoms with Gasteiger partial charge in [-0.15, -0.1) is 0 Å². The molecule has 0 fully saturated rings. The maximum absolute atomic E-state index is 11.5. The van der Waals surface area contributed by atoms with Crippen molar-refractivity contribution in [3.8, 4) is 0 Å². The topological polar surface area (TPSA) is 0 Å². The quantitative estimate of drug-likeness (QED) is 0.541. The van der Waals surface area contributed by atoms with E-state index >= 15 is 0 Å². The molecular weight excluding hydrogens is 322 g/mol. The van der Waals surface area contributed by atoms with Gasteiger partial charge in [-0.1, -0.05) is 0 Å². The zero-order valence-corrected chi connectivity index (χ0v) is 10.1. The molecule has 0 bridgehead atoms. The number of rotatable bonds is 2. The van der Waals surface area contributed by atoms with Crippen molar-refractivity contribution >= 4 is 50.8 Å². The zero-order chi connectivity index (χ0) is 7.71. The van der Waals surface area contributed by atoms with Crippen LogP contribution in [-0.4, -0.2) is 24.1 Å². The summed E-state index contributed by atoms with van der Waals surface area (Å²) in [4.78, 5) is 0. The second kappa shape index (κ2) is 3.38. The van der Waals surface area contributed by atoms with Crippen molar-refractivity contribution in [3.05, 3.63) is 0 Å². The van der Waals surface area contributed by atoms with E-state index in [1.807, 2.05) is 0 Å². The van der Waals surface area contributed by atoms with Gasteiger partial charge in [0.2, 0.25) is 0 Å². The second-order valence-corrected chi connectivity index (χ2v) is 26.4. The minimum atomic E-state index is -5.60. The maximum atomic E-state index is 11.5. The van der Waals surface area contributed by atoms with Gasteiger partial charge < -0.3 is 0 Å². The predicted molar refractivity (Wildman–Crippen MR) is 37.2 cm³/mol. The summed E-state index contributed by atoms with van der Waals surface area (Å²) < 4.78 is 33.4. The Labute approximate surface area is 66.8 Å². The van der Waals surface area contributed by atoms with Crippen LogP contribution in [-0.2, 0) is 0 Å². The first-order valence-corrected chi connectivity index (χ1v) is 16.5. The summed E-state index contributed by atoms with van der Waals surface area (Å²) in [6.07, 6.45) is 0. The van der Waals surface area contributed by atoms with Crippen molar-refractivity contribution in [2.45, 2.75) is 4.06 Å². The fourth-order valence-electron chi connectivity index (χ4n) is 0.227. The molecule has 0 spiro atoms. The molecule has 0 aromatic rings. The molecule has 56 valence electrons. The van der Waals surface area contributed by atoms with Crippen LogP contribution < -0.4 is 0 Å². The van der Waals surface area contributed by atoms with Crippen LogP contribution in [0.1, 0.15) is 0 Å². The summed E-state index contributed by atoms with van der Waals surface area (Å²) in [7, 11) is 9.63. The van der Waals surface area contributed by atoms with Crippen LogP contribution in [0.4, 0.5) is 12.3 Å². The molecule has 0 aliphatic heterocycles. The molecule has 0 unspecified atom stereocenters. The molecule has 0 radical (unpaired) electrons. The van der Waals surface area contributed by atoms with E-state index in [1.54, 1.807) is 0 Å². The van der Waals surface area contributed by atoms with Crippen LogP contribution in [0.25, 0.3) is 0 Å². The molecule has 0 aromatic carbocycles. The van der Waals surface area contributed by atoms with Gasteiger partial charge in [0.05, 0.1) is 0 Å². The first kappa shape index (κ1) is 10.7. The molecule has 8 heteroatoms. The van der Waals surface area contributed by atoms with Crippen LogP contribution in [0.2, 0.25) is 4.06 Å². The molecule has 0 nitrogen and oxygen atoms in total. The number of hydrogen-bond donors (Lipinski definition) is 0. The number of halogens is 6. The van der Waals surface area contributed by atoms with Gasteiger partial charge in [0.1, 0.15) is 0 Å². The zero-order valence-electron chi connectivity index (χ0n) is 3.97. The molecule has 0 saturated carbocycles. The average molecular weight is 324 g/mol. The first-order valence-electron chi connectivity index (χ1n) is 1.84. The van der Waals surface area contributed by atoms with Gasteiger partial charge in [0, 0.05) is 0 Å². The Morgan fingerprint density at radius 1 is 1.11 bits per heavy atom. The van der Waals surface area contributed by atoms with Crippen LogP contribution in [0.15, 0.2) is 0 Å². The molecule has 0 rings (SSSR count). The second-order valence-electron chi connectivity index (χ2n) is 1.41. The Kier molecular flexibility index (Phi) is 4.01. The summed E-state index contributed by atoms with van der Waals surface area (Å²) in [5.41, 5.74) is 0. The van der Waals surface area contributed by atoms with Crippen LogP contribution in [0, 0.1) is 0 Å². The molecule has 0 aliphatic carbocycles. The van der Waals surface area contributed by atoms with Gasteiger partial charge in [-0.2, -0.15) is 0 Å². The molecule has 0 N–H and O–H groups in total. The van der Waals surface area contributed by atoms with E-state index in [0.717, 1.165) is 0 Å². The summed E-state index contributed by atoms with van der Waals surface area (Å²) in [5, 5.41) is 0. The van der Waals surface area contributed by atoms with Crippen molar-refractivity contribution in [1.29, 1.82) is 0 Å². The minimum absolute atomic E-state index is 1.06. The van der Waals surface area contributed by atoms with Gasteiger partial charge >= 0.3 is 67.2 Å². The fraction of sp³-hybridized carbons (Fsp3) is 1.00. The molecule has 9 heavy (non-hydrogen) atoms. The molecular formula is CH2Cl3F3SiSn. The van der Waals surface area contributed by atoms with E-state index in [-0.39, 0.29) is 0 Å². The van der Waals surface area contributed by atoms with Crippen molar-refractivity contribution in [2.24, 2.45) is 0 Å². The number of hydrogen-bond acceptors (Lipinski definition) is 0. The van der Waals surface area contributed by atoms with Crippen LogP contribution >= 0.6 is 26.8 Å². The van der Waals surface area contributed by atoms with Crippen molar-refractivity contribution in [2.75, 3.05) is 0 Å². The van der Waals surface area contributed by atoms with E-state index in [1.165, 1.54) is 0 Å². The molecule has 0 aliphatic rings. The fourth-order valence-corrected chi connectivity index (χ4v) is 13.7. The summed E-state index contributed by atoms with van der Waals surface area (Å²) >= 11 is -4.09. The SMILES string of the molecule is F[Si](F)(F)[CH2][Sn]([Cl])([Cl])[Cl]. The predicted octanol–water partition coefficient (Wildman–Crippen LogP) is 3.03. The van der Waals surface area contributed by atoms with Crippen molar-refractivity contribution < 1.29 is 12.3 Å². The standard InChI is InChI=1S/CH2F3Si.3ClH.Sn/c1-5(2,3)4;;;;/h1H2;3*1H;/q;;;;+3/p-3. The van der Waals surface area contributed by atoms with E-state index in [2.05, 4.69) is 0 Å². The Bertz CT molecular complexity index is 84.2. The third kappa shape index (κ3) is 9.68. The Balaban J connectivity index is 3.75. The Morgan fingerprint density at radius 2 is 1.44 bits per heavy atom. The van der Waals surface area contributed by atoms with Crippen LogP contribution in [0.5, 0.6) is 0 Å². The van der Waals surface area contributed by atoms with Gasteiger partial charge in [-0.25, -0.2) is 0 Å². The molecule has 0 amide bonds. The van der Waals surface area contributed by atoms with Gasteiger partial charge in [-0.3, -0.25) is 0 Å². The monoisotopic (exact) mass is 324 g/mol. The third-order valence-corrected chi connectivity index (χ3v) is 16.1. The Hall–Kier alpha value is 1.68. The molecule has 0 heterocycles. The first-order chi connectivity index (χ1) is 3.71. The average Bonchev–Trinajstić information content (AvgIpc) is 1.14. The van der Waals surface area contributed by atoms with Crippen LogP contribution in [0.3, 0.4) is 0 Å². The van der Waals surface area contributed by atoms with Gasteiger partial charge in [-0.05, 0) is 0 Å². The third-order valence-electron chi connectivity index (χ3n) is 0.401.